The molecule has 6 heteroatoms. The number of benzene rings is 1. The van der Waals surface area contributed by atoms with E-state index in [2.05, 4.69) is 29.0 Å². The number of fused-ring (bicyclic) bond motifs is 2. The number of hydrogen-bond donors (Lipinski definition) is 2. The number of aryl methyl sites for hydroxylation is 2. The summed E-state index contributed by atoms with van der Waals surface area (Å²) in [7, 11) is 1.67. The highest BCUT2D eigenvalue weighted by Crippen LogP contribution is 2.28. The average molecular weight is 361 g/mol. The molecule has 0 spiro atoms. The molecular formula is C21H19N3O3. The van der Waals surface area contributed by atoms with Crippen molar-refractivity contribution in [3.8, 4) is 17.2 Å². The van der Waals surface area contributed by atoms with E-state index in [1.54, 1.807) is 7.11 Å². The van der Waals surface area contributed by atoms with E-state index < -0.39 is 0 Å². The second-order valence-corrected chi connectivity index (χ2v) is 6.76. The number of aromatic amines is 2. The first-order valence-electron chi connectivity index (χ1n) is 8.76. The van der Waals surface area contributed by atoms with Crippen LogP contribution in [0.15, 0.2) is 29.3 Å². The maximum Gasteiger partial charge on any atom is 0.231 e. The van der Waals surface area contributed by atoms with Crippen LogP contribution in [0.3, 0.4) is 0 Å². The highest BCUT2D eigenvalue weighted by molar-refractivity contribution is 5.77. The quantitative estimate of drug-likeness (QED) is 0.708. The molecule has 2 aliphatic rings. The summed E-state index contributed by atoms with van der Waals surface area (Å²) >= 11 is 0. The summed E-state index contributed by atoms with van der Waals surface area (Å²) in [5.41, 5.74) is 4.24. The van der Waals surface area contributed by atoms with Crippen LogP contribution in [0.2, 0.25) is 0 Å². The van der Waals surface area contributed by atoms with Gasteiger partial charge in [-0.1, -0.05) is 0 Å². The summed E-state index contributed by atoms with van der Waals surface area (Å²) in [6, 6.07) is 7.97. The molecule has 6 nitrogen and oxygen atoms in total. The Hall–Kier alpha value is -3.41. The highest BCUT2D eigenvalue weighted by atomic mass is 16.7. The van der Waals surface area contributed by atoms with Crippen LogP contribution in [-0.2, 0) is 0 Å². The monoisotopic (exact) mass is 361 g/mol. The molecule has 0 saturated heterocycles. The predicted molar refractivity (Wildman–Crippen MR) is 102 cm³/mol. The topological polar surface area (TPSA) is 71.6 Å². The Morgan fingerprint density at radius 2 is 1.89 bits per heavy atom. The summed E-state index contributed by atoms with van der Waals surface area (Å²) < 4.78 is 16.5. The third-order valence-corrected chi connectivity index (χ3v) is 4.84. The van der Waals surface area contributed by atoms with Gasteiger partial charge in [-0.2, -0.15) is 0 Å². The minimum Gasteiger partial charge on any atom is -0.494 e. The Bertz CT molecular complexity index is 1270. The van der Waals surface area contributed by atoms with Crippen LogP contribution in [-0.4, -0.2) is 23.9 Å². The number of nitrogens with one attached hydrogen (secondary N) is 2. The standard InChI is InChI=1S/C21H19N3O3/c1-11-4-12(2)22-14(11)7-18-19(25-3)9-17(24-18)16-5-13-6-20-21(27-10-26-20)8-15(13)23-16/h4-9,22,24H,10H2,1-3H3/b17-16?,18-7-. The SMILES string of the molecule is COc1cc(=C2C=c3cc4c(cc3=N2)OCO4)[nH]/c1=C\c1[nH]c(C)cc1C. The van der Waals surface area contributed by atoms with Gasteiger partial charge in [-0.05, 0) is 43.7 Å². The van der Waals surface area contributed by atoms with Crippen LogP contribution >= 0.6 is 0 Å². The zero-order chi connectivity index (χ0) is 18.5. The van der Waals surface area contributed by atoms with E-state index in [0.29, 0.717) is 0 Å². The number of ether oxygens (including phenoxy) is 3. The molecule has 0 fully saturated rings. The Balaban J connectivity index is 1.68. The summed E-state index contributed by atoms with van der Waals surface area (Å²) in [6.45, 7) is 4.39. The first-order chi connectivity index (χ1) is 13.1. The second kappa shape index (κ2) is 5.81. The van der Waals surface area contributed by atoms with Crippen LogP contribution in [0.1, 0.15) is 17.0 Å². The van der Waals surface area contributed by atoms with Crippen LogP contribution in [0.5, 0.6) is 17.2 Å². The van der Waals surface area contributed by atoms with Crippen molar-refractivity contribution in [3.05, 3.63) is 62.5 Å². The Morgan fingerprint density at radius 1 is 1.07 bits per heavy atom. The third-order valence-electron chi connectivity index (χ3n) is 4.84. The summed E-state index contributed by atoms with van der Waals surface area (Å²) in [5.74, 6) is 2.28. The highest BCUT2D eigenvalue weighted by Gasteiger charge is 2.15. The summed E-state index contributed by atoms with van der Waals surface area (Å²) in [5, 5.41) is 3.70. The molecular weight excluding hydrogens is 342 g/mol. The smallest absolute Gasteiger partial charge is 0.231 e. The van der Waals surface area contributed by atoms with Crippen molar-refractivity contribution >= 4 is 17.8 Å². The lowest BCUT2D eigenvalue weighted by atomic mass is 10.2. The Morgan fingerprint density at radius 3 is 2.63 bits per heavy atom. The van der Waals surface area contributed by atoms with E-state index in [0.717, 1.165) is 55.6 Å². The fourth-order valence-electron chi connectivity index (χ4n) is 3.52. The number of methoxy groups -OCH3 is 1. The van der Waals surface area contributed by atoms with Crippen molar-refractivity contribution in [2.45, 2.75) is 13.8 Å². The zero-order valence-electron chi connectivity index (χ0n) is 15.3. The van der Waals surface area contributed by atoms with Crippen molar-refractivity contribution in [2.75, 3.05) is 13.9 Å². The minimum absolute atomic E-state index is 0.263. The molecule has 0 amide bonds. The molecule has 0 aliphatic carbocycles. The number of rotatable bonds is 2. The molecule has 4 heterocycles. The molecule has 0 radical (unpaired) electrons. The number of aromatic nitrogens is 2. The molecule has 1 aromatic carbocycles. The van der Waals surface area contributed by atoms with Crippen LogP contribution in [0.25, 0.3) is 17.8 Å². The Kier molecular flexibility index (Phi) is 3.40. The molecule has 2 aliphatic heterocycles. The second-order valence-electron chi connectivity index (χ2n) is 6.76. The van der Waals surface area contributed by atoms with Gasteiger partial charge in [0.15, 0.2) is 11.5 Å². The largest absolute Gasteiger partial charge is 0.494 e. The van der Waals surface area contributed by atoms with E-state index in [1.165, 1.54) is 5.56 Å². The normalized spacial score (nSPS) is 16.9. The van der Waals surface area contributed by atoms with E-state index >= 15 is 0 Å². The number of hydrogen-bond acceptors (Lipinski definition) is 4. The van der Waals surface area contributed by atoms with Crippen LogP contribution in [0.4, 0.5) is 0 Å². The van der Waals surface area contributed by atoms with Gasteiger partial charge in [0.2, 0.25) is 6.79 Å². The van der Waals surface area contributed by atoms with E-state index in [9.17, 15) is 0 Å². The maximum absolute atomic E-state index is 5.56. The minimum atomic E-state index is 0.263. The maximum atomic E-state index is 5.56. The van der Waals surface area contributed by atoms with Gasteiger partial charge < -0.3 is 24.2 Å². The summed E-state index contributed by atoms with van der Waals surface area (Å²) in [4.78, 5) is 11.5. The van der Waals surface area contributed by atoms with Gasteiger partial charge in [-0.25, -0.2) is 4.99 Å². The number of H-pyrrole nitrogens is 2. The van der Waals surface area contributed by atoms with Crippen molar-refractivity contribution in [2.24, 2.45) is 4.99 Å². The molecule has 2 N–H and O–H groups in total. The lowest BCUT2D eigenvalue weighted by Crippen LogP contribution is -2.20. The predicted octanol–water partition coefficient (Wildman–Crippen LogP) is 0.748. The first-order valence-corrected chi connectivity index (χ1v) is 8.76. The zero-order valence-corrected chi connectivity index (χ0v) is 15.3. The fourth-order valence-corrected chi connectivity index (χ4v) is 3.52. The van der Waals surface area contributed by atoms with Gasteiger partial charge in [0.25, 0.3) is 0 Å². The van der Waals surface area contributed by atoms with Gasteiger partial charge in [0.1, 0.15) is 5.75 Å². The first kappa shape index (κ1) is 15.8. The average Bonchev–Trinajstić information content (AvgIpc) is 3.39. The molecule has 0 saturated carbocycles. The fraction of sp³-hybridized carbons (Fsp3) is 0.190. The van der Waals surface area contributed by atoms with E-state index in [-0.39, 0.29) is 6.79 Å². The Labute approximate surface area is 155 Å². The van der Waals surface area contributed by atoms with E-state index in [1.807, 2.05) is 31.2 Å². The van der Waals surface area contributed by atoms with Crippen molar-refractivity contribution in [3.63, 3.8) is 0 Å². The molecule has 0 unspecified atom stereocenters. The van der Waals surface area contributed by atoms with Gasteiger partial charge in [-0.3, -0.25) is 0 Å². The van der Waals surface area contributed by atoms with Gasteiger partial charge in [0, 0.05) is 28.7 Å². The lowest BCUT2D eigenvalue weighted by Gasteiger charge is -1.94. The molecule has 5 rings (SSSR count). The molecule has 3 aromatic rings. The molecule has 136 valence electrons. The molecule has 0 bridgehead atoms. The van der Waals surface area contributed by atoms with Gasteiger partial charge in [0.05, 0.1) is 28.9 Å². The molecule has 2 aromatic heterocycles. The summed E-state index contributed by atoms with van der Waals surface area (Å²) in [6.07, 6.45) is 4.10. The van der Waals surface area contributed by atoms with Crippen LogP contribution in [0, 0.1) is 13.8 Å². The lowest BCUT2D eigenvalue weighted by molar-refractivity contribution is 0.174. The third kappa shape index (κ3) is 2.61. The van der Waals surface area contributed by atoms with Crippen LogP contribution < -0.4 is 35.5 Å². The van der Waals surface area contributed by atoms with Gasteiger partial charge >= 0.3 is 0 Å². The molecule has 27 heavy (non-hydrogen) atoms. The van der Waals surface area contributed by atoms with Crippen molar-refractivity contribution in [1.29, 1.82) is 0 Å². The van der Waals surface area contributed by atoms with Gasteiger partial charge in [-0.15, -0.1) is 0 Å². The van der Waals surface area contributed by atoms with Crippen molar-refractivity contribution in [1.82, 2.24) is 9.97 Å². The number of nitrogens with zero attached hydrogens (tertiary/aromatic N) is 1. The molecule has 0 atom stereocenters. The van der Waals surface area contributed by atoms with E-state index in [4.69, 9.17) is 19.2 Å². The van der Waals surface area contributed by atoms with Crippen molar-refractivity contribution < 1.29 is 14.2 Å².